The molecule has 0 fully saturated rings. The minimum Gasteiger partial charge on any atom is -0.456 e. The van der Waals surface area contributed by atoms with E-state index in [9.17, 15) is 0 Å². The quantitative estimate of drug-likeness (QED) is 0.161. The zero-order chi connectivity index (χ0) is 45.9. The van der Waals surface area contributed by atoms with Crippen LogP contribution in [0.15, 0.2) is 251 Å². The first-order valence-electron chi connectivity index (χ1n) is 24.0. The van der Waals surface area contributed by atoms with Crippen molar-refractivity contribution < 1.29 is 8.83 Å². The van der Waals surface area contributed by atoms with Crippen LogP contribution in [0.2, 0.25) is 0 Å². The van der Waals surface area contributed by atoms with Crippen LogP contribution in [0, 0.1) is 0 Å². The fourth-order valence-electron chi connectivity index (χ4n) is 11.5. The van der Waals surface area contributed by atoms with Crippen molar-refractivity contribution in [2.45, 2.75) is 0 Å². The predicted octanol–water partition coefficient (Wildman–Crippen LogP) is 19.6. The molecule has 0 aliphatic carbocycles. The molecule has 0 unspecified atom stereocenters. The van der Waals surface area contributed by atoms with Gasteiger partial charge in [-0.25, -0.2) is 0 Å². The summed E-state index contributed by atoms with van der Waals surface area (Å²) in [4.78, 5) is 0. The van der Waals surface area contributed by atoms with Crippen molar-refractivity contribution in [3.63, 3.8) is 0 Å². The Kier molecular flexibility index (Phi) is 8.39. The average Bonchev–Trinajstić information content (AvgIpc) is 3.98. The molecule has 70 heavy (non-hydrogen) atoms. The van der Waals surface area contributed by atoms with Gasteiger partial charge in [-0.05, 0) is 164 Å². The molecule has 324 valence electrons. The highest BCUT2D eigenvalue weighted by Crippen LogP contribution is 2.47. The molecule has 0 spiro atoms. The van der Waals surface area contributed by atoms with Gasteiger partial charge < -0.3 is 8.83 Å². The molecular formula is C68H40O2. The molecule has 0 bridgehead atoms. The number of rotatable bonds is 5. The van der Waals surface area contributed by atoms with Crippen molar-refractivity contribution in [1.82, 2.24) is 0 Å². The second kappa shape index (κ2) is 15.1. The van der Waals surface area contributed by atoms with Crippen LogP contribution in [0.25, 0.3) is 153 Å². The van der Waals surface area contributed by atoms with E-state index in [1.54, 1.807) is 0 Å². The number of fused-ring (bicyclic) bond motifs is 11. The fourth-order valence-corrected chi connectivity index (χ4v) is 11.5. The van der Waals surface area contributed by atoms with E-state index < -0.39 is 0 Å². The third-order valence-electron chi connectivity index (χ3n) is 14.8. The molecule has 0 N–H and O–H groups in total. The summed E-state index contributed by atoms with van der Waals surface area (Å²) in [5, 5.41) is 16.8. The van der Waals surface area contributed by atoms with Crippen molar-refractivity contribution in [2.24, 2.45) is 0 Å². The molecule has 0 saturated heterocycles. The molecule has 15 aromatic rings. The lowest BCUT2D eigenvalue weighted by Crippen LogP contribution is -1.92. The normalized spacial score (nSPS) is 12.0. The maximum Gasteiger partial charge on any atom is 0.136 e. The van der Waals surface area contributed by atoms with Gasteiger partial charge in [-0.15, -0.1) is 0 Å². The van der Waals surface area contributed by atoms with Gasteiger partial charge in [0.25, 0.3) is 0 Å². The molecule has 2 heteroatoms. The zero-order valence-electron chi connectivity index (χ0n) is 37.9. The molecule has 0 atom stereocenters. The van der Waals surface area contributed by atoms with Crippen LogP contribution in [-0.2, 0) is 0 Å². The topological polar surface area (TPSA) is 26.3 Å². The van der Waals surface area contributed by atoms with Crippen molar-refractivity contribution in [3.05, 3.63) is 243 Å². The van der Waals surface area contributed by atoms with Crippen LogP contribution in [0.4, 0.5) is 0 Å². The second-order valence-corrected chi connectivity index (χ2v) is 18.7. The van der Waals surface area contributed by atoms with E-state index in [2.05, 4.69) is 243 Å². The Hall–Kier alpha value is -9.24. The van der Waals surface area contributed by atoms with Gasteiger partial charge in [-0.1, -0.05) is 188 Å². The maximum atomic E-state index is 6.42. The monoisotopic (exact) mass is 888 g/mol. The molecule has 2 heterocycles. The van der Waals surface area contributed by atoms with Gasteiger partial charge in [0.1, 0.15) is 22.3 Å². The van der Waals surface area contributed by atoms with Crippen LogP contribution < -0.4 is 0 Å². The van der Waals surface area contributed by atoms with Crippen molar-refractivity contribution in [3.8, 4) is 55.6 Å². The summed E-state index contributed by atoms with van der Waals surface area (Å²) in [6, 6.07) is 88.5. The number of benzene rings is 13. The number of furan rings is 2. The molecule has 0 saturated carbocycles. The van der Waals surface area contributed by atoms with E-state index >= 15 is 0 Å². The molecule has 0 aliphatic rings. The first kappa shape index (κ1) is 38.8. The first-order chi connectivity index (χ1) is 34.7. The van der Waals surface area contributed by atoms with Crippen molar-refractivity contribution in [1.29, 1.82) is 0 Å². The summed E-state index contributed by atoms with van der Waals surface area (Å²) in [7, 11) is 0. The van der Waals surface area contributed by atoms with Gasteiger partial charge in [0.2, 0.25) is 0 Å². The largest absolute Gasteiger partial charge is 0.456 e. The van der Waals surface area contributed by atoms with E-state index in [4.69, 9.17) is 8.83 Å². The molecular weight excluding hydrogens is 849 g/mol. The molecule has 13 aromatic carbocycles. The van der Waals surface area contributed by atoms with E-state index in [0.29, 0.717) is 0 Å². The summed E-state index contributed by atoms with van der Waals surface area (Å²) in [6.45, 7) is 0. The van der Waals surface area contributed by atoms with E-state index in [1.807, 2.05) is 0 Å². The highest BCUT2D eigenvalue weighted by Gasteiger charge is 2.20. The number of hydrogen-bond donors (Lipinski definition) is 0. The lowest BCUT2D eigenvalue weighted by molar-refractivity contribution is 0.668. The SMILES string of the molecule is c1ccc2cc(-c3c4ccccc4c(-c4ccc(-c5ccc(-c6ccc7oc8ccc(-c9ccc%10oc%11cc%12ccccc%12cc%11c%10c9)cc8c7c6)cc5)c5ccccc45)c4ccccc34)ccc2c1. The summed E-state index contributed by atoms with van der Waals surface area (Å²) >= 11 is 0. The lowest BCUT2D eigenvalue weighted by Gasteiger charge is -2.20. The van der Waals surface area contributed by atoms with E-state index in [1.165, 1.54) is 87.2 Å². The Morgan fingerprint density at radius 3 is 1.16 bits per heavy atom. The Morgan fingerprint density at radius 1 is 0.186 bits per heavy atom. The highest BCUT2D eigenvalue weighted by molar-refractivity contribution is 6.24. The predicted molar refractivity (Wildman–Crippen MR) is 296 cm³/mol. The number of hydrogen-bond acceptors (Lipinski definition) is 2. The fraction of sp³-hybridized carbons (Fsp3) is 0. The Balaban J connectivity index is 0.799. The summed E-state index contributed by atoms with van der Waals surface area (Å²) in [5.41, 5.74) is 15.6. The highest BCUT2D eigenvalue weighted by atomic mass is 16.3. The Bertz CT molecular complexity index is 4590. The van der Waals surface area contributed by atoms with Crippen molar-refractivity contribution >= 4 is 97.7 Å². The third-order valence-corrected chi connectivity index (χ3v) is 14.8. The smallest absolute Gasteiger partial charge is 0.136 e. The second-order valence-electron chi connectivity index (χ2n) is 18.7. The molecule has 15 rings (SSSR count). The molecule has 0 aliphatic heterocycles. The van der Waals surface area contributed by atoms with Gasteiger partial charge in [-0.2, -0.15) is 0 Å². The van der Waals surface area contributed by atoms with Gasteiger partial charge in [0.15, 0.2) is 0 Å². The summed E-state index contributed by atoms with van der Waals surface area (Å²) in [6.07, 6.45) is 0. The van der Waals surface area contributed by atoms with E-state index in [-0.39, 0.29) is 0 Å². The third kappa shape index (κ3) is 6.00. The lowest BCUT2D eigenvalue weighted by atomic mass is 9.83. The van der Waals surface area contributed by atoms with Gasteiger partial charge >= 0.3 is 0 Å². The van der Waals surface area contributed by atoms with Crippen LogP contribution in [0.5, 0.6) is 0 Å². The van der Waals surface area contributed by atoms with Crippen LogP contribution in [-0.4, -0.2) is 0 Å². The average molecular weight is 889 g/mol. The van der Waals surface area contributed by atoms with E-state index in [0.717, 1.165) is 66.1 Å². The molecule has 0 radical (unpaired) electrons. The van der Waals surface area contributed by atoms with Gasteiger partial charge in [0.05, 0.1) is 0 Å². The maximum absolute atomic E-state index is 6.42. The Labute approximate surface area is 402 Å². The minimum atomic E-state index is 0.879. The van der Waals surface area contributed by atoms with Gasteiger partial charge in [-0.3, -0.25) is 0 Å². The summed E-state index contributed by atoms with van der Waals surface area (Å²) < 4.78 is 12.8. The zero-order valence-corrected chi connectivity index (χ0v) is 37.9. The molecule has 2 aromatic heterocycles. The van der Waals surface area contributed by atoms with Gasteiger partial charge in [0, 0.05) is 21.5 Å². The summed E-state index contributed by atoms with van der Waals surface area (Å²) in [5.74, 6) is 0. The minimum absolute atomic E-state index is 0.879. The standard InChI is InChI=1S/C68H40O2/c1-2-12-44-35-50(26-23-41(44)11-1)67-54-17-7-9-19-56(54)68(57-20-10-8-18-55(57)67)58-31-30-51(52-15-5-6-16-53(52)58)43-24-21-42(22-25-43)47-27-32-63-59(37-47)60-38-48(28-33-64(60)69-63)49-29-34-65-61(39-49)62-36-45-13-3-4-14-46(45)40-66(62)70-65/h1-40H. The van der Waals surface area contributed by atoms with Crippen LogP contribution in [0.1, 0.15) is 0 Å². The van der Waals surface area contributed by atoms with Crippen LogP contribution in [0.3, 0.4) is 0 Å². The first-order valence-corrected chi connectivity index (χ1v) is 24.0. The van der Waals surface area contributed by atoms with Crippen LogP contribution >= 0.6 is 0 Å². The molecule has 2 nitrogen and oxygen atoms in total. The van der Waals surface area contributed by atoms with Crippen molar-refractivity contribution in [2.75, 3.05) is 0 Å². The Morgan fingerprint density at radius 2 is 0.571 bits per heavy atom. The molecule has 0 amide bonds.